The third-order valence-electron chi connectivity index (χ3n) is 3.70. The maximum absolute atomic E-state index is 10.9. The normalized spacial score (nSPS) is 19.7. The number of carbonyl (C=O) groups is 1. The smallest absolute Gasteiger partial charge is 0.304 e. The van der Waals surface area contributed by atoms with Gasteiger partial charge in [0.15, 0.2) is 5.76 Å². The van der Waals surface area contributed by atoms with E-state index in [0.717, 1.165) is 25.8 Å². The summed E-state index contributed by atoms with van der Waals surface area (Å²) in [7, 11) is 0. The average Bonchev–Trinajstić information content (AvgIpc) is 3.11. The first-order chi connectivity index (χ1) is 10.2. The third-order valence-corrected chi connectivity index (χ3v) is 3.70. The van der Waals surface area contributed by atoms with Gasteiger partial charge in [0, 0.05) is 6.04 Å². The number of hydrogen-bond acceptors (Lipinski definition) is 6. The largest absolute Gasteiger partial charge is 0.481 e. The number of aliphatic carboxylic acids is 1. The molecular formula is C14H17N3O4. The van der Waals surface area contributed by atoms with Crippen molar-refractivity contribution in [2.24, 2.45) is 0 Å². The van der Waals surface area contributed by atoms with Crippen molar-refractivity contribution in [2.45, 2.75) is 38.3 Å². The molecule has 0 amide bonds. The molecule has 1 N–H and O–H groups in total. The van der Waals surface area contributed by atoms with Gasteiger partial charge >= 0.3 is 5.97 Å². The molecule has 3 rings (SSSR count). The van der Waals surface area contributed by atoms with Crippen LogP contribution in [0.25, 0.3) is 11.7 Å². The number of carboxylic acid groups (broad SMARTS) is 1. The van der Waals surface area contributed by atoms with Crippen LogP contribution < -0.4 is 0 Å². The molecule has 1 atom stereocenters. The van der Waals surface area contributed by atoms with E-state index in [1.54, 1.807) is 18.4 Å². The zero-order valence-corrected chi connectivity index (χ0v) is 11.6. The van der Waals surface area contributed by atoms with Crippen molar-refractivity contribution >= 4 is 5.97 Å². The summed E-state index contributed by atoms with van der Waals surface area (Å²) in [5.41, 5.74) is 0. The van der Waals surface area contributed by atoms with Crippen molar-refractivity contribution in [3.8, 4) is 11.7 Å². The summed E-state index contributed by atoms with van der Waals surface area (Å²) in [6, 6.07) is 3.55. The highest BCUT2D eigenvalue weighted by molar-refractivity contribution is 5.67. The van der Waals surface area contributed by atoms with Crippen molar-refractivity contribution in [3.63, 3.8) is 0 Å². The van der Waals surface area contributed by atoms with Crippen LogP contribution in [0, 0.1) is 0 Å². The number of aromatic nitrogens is 2. The molecule has 2 aromatic rings. The Bertz CT molecular complexity index is 593. The van der Waals surface area contributed by atoms with Gasteiger partial charge in [-0.15, -0.1) is 10.2 Å². The molecule has 3 heterocycles. The quantitative estimate of drug-likeness (QED) is 0.902. The highest BCUT2D eigenvalue weighted by Crippen LogP contribution is 2.23. The Kier molecular flexibility index (Phi) is 4.01. The number of piperidine rings is 1. The fraction of sp³-hybridized carbons (Fsp3) is 0.500. The van der Waals surface area contributed by atoms with Crippen molar-refractivity contribution < 1.29 is 18.7 Å². The van der Waals surface area contributed by atoms with Crippen LogP contribution in [-0.2, 0) is 11.3 Å². The second-order valence-electron chi connectivity index (χ2n) is 5.20. The van der Waals surface area contributed by atoms with Gasteiger partial charge in [-0.25, -0.2) is 0 Å². The molecular weight excluding hydrogens is 274 g/mol. The van der Waals surface area contributed by atoms with Gasteiger partial charge in [0.2, 0.25) is 5.89 Å². The standard InChI is InChI=1S/C14H17N3O4/c18-13(19)8-10-4-1-2-6-17(10)9-12-15-16-14(21-12)11-5-3-7-20-11/h3,5,7,10H,1-2,4,6,8-9H2,(H,18,19). The zero-order chi connectivity index (χ0) is 14.7. The second-order valence-corrected chi connectivity index (χ2v) is 5.20. The fourth-order valence-corrected chi connectivity index (χ4v) is 2.69. The summed E-state index contributed by atoms with van der Waals surface area (Å²) in [4.78, 5) is 13.0. The molecule has 1 aliphatic rings. The molecule has 0 aliphatic carbocycles. The van der Waals surface area contributed by atoms with E-state index in [1.807, 2.05) is 0 Å². The minimum Gasteiger partial charge on any atom is -0.481 e. The first-order valence-corrected chi connectivity index (χ1v) is 7.04. The third kappa shape index (κ3) is 3.30. The lowest BCUT2D eigenvalue weighted by atomic mass is 9.99. The van der Waals surface area contributed by atoms with Gasteiger partial charge in [0.05, 0.1) is 19.2 Å². The number of furan rings is 1. The van der Waals surface area contributed by atoms with Crippen molar-refractivity contribution in [1.82, 2.24) is 15.1 Å². The summed E-state index contributed by atoms with van der Waals surface area (Å²) >= 11 is 0. The molecule has 21 heavy (non-hydrogen) atoms. The lowest BCUT2D eigenvalue weighted by Crippen LogP contribution is -2.40. The van der Waals surface area contributed by atoms with Crippen molar-refractivity contribution in [3.05, 3.63) is 24.3 Å². The first-order valence-electron chi connectivity index (χ1n) is 7.04. The number of rotatable bonds is 5. The van der Waals surface area contributed by atoms with Gasteiger partial charge in [-0.2, -0.15) is 0 Å². The molecule has 1 fully saturated rings. The Morgan fingerprint density at radius 2 is 2.33 bits per heavy atom. The molecule has 7 nitrogen and oxygen atoms in total. The van der Waals surface area contributed by atoms with Gasteiger partial charge in [-0.3, -0.25) is 9.69 Å². The Morgan fingerprint density at radius 3 is 3.10 bits per heavy atom. The van der Waals surface area contributed by atoms with E-state index in [2.05, 4.69) is 15.1 Å². The zero-order valence-electron chi connectivity index (χ0n) is 11.6. The van der Waals surface area contributed by atoms with Gasteiger partial charge < -0.3 is 13.9 Å². The van der Waals surface area contributed by atoms with Gasteiger partial charge in [-0.1, -0.05) is 6.42 Å². The number of carboxylic acids is 1. The van der Waals surface area contributed by atoms with Crippen LogP contribution in [0.4, 0.5) is 0 Å². The average molecular weight is 291 g/mol. The molecule has 0 bridgehead atoms. The molecule has 0 aromatic carbocycles. The molecule has 2 aromatic heterocycles. The van der Waals surface area contributed by atoms with Gasteiger partial charge in [0.25, 0.3) is 5.89 Å². The van der Waals surface area contributed by atoms with Crippen LogP contribution in [-0.4, -0.2) is 38.8 Å². The molecule has 112 valence electrons. The van der Waals surface area contributed by atoms with E-state index < -0.39 is 5.97 Å². The Labute approximate surface area is 121 Å². The minimum absolute atomic E-state index is 0.0372. The van der Waals surface area contributed by atoms with Crippen LogP contribution in [0.2, 0.25) is 0 Å². The van der Waals surface area contributed by atoms with E-state index >= 15 is 0 Å². The predicted octanol–water partition coefficient (Wildman–Crippen LogP) is 2.16. The van der Waals surface area contributed by atoms with Crippen LogP contribution in [0.5, 0.6) is 0 Å². The van der Waals surface area contributed by atoms with Crippen LogP contribution in [0.3, 0.4) is 0 Å². The van der Waals surface area contributed by atoms with Gasteiger partial charge in [-0.05, 0) is 31.5 Å². The van der Waals surface area contributed by atoms with E-state index in [4.69, 9.17) is 13.9 Å². The summed E-state index contributed by atoms with van der Waals surface area (Å²) in [6.45, 7) is 1.34. The SMILES string of the molecule is O=C(O)CC1CCCCN1Cc1nnc(-c2ccco2)o1. The highest BCUT2D eigenvalue weighted by atomic mass is 16.4. The second kappa shape index (κ2) is 6.09. The molecule has 0 radical (unpaired) electrons. The fourth-order valence-electron chi connectivity index (χ4n) is 2.69. The molecule has 0 saturated carbocycles. The molecule has 1 saturated heterocycles. The van der Waals surface area contributed by atoms with Crippen molar-refractivity contribution in [2.75, 3.05) is 6.54 Å². The van der Waals surface area contributed by atoms with Crippen molar-refractivity contribution in [1.29, 1.82) is 0 Å². The van der Waals surface area contributed by atoms with Crippen LogP contribution >= 0.6 is 0 Å². The van der Waals surface area contributed by atoms with E-state index in [-0.39, 0.29) is 12.5 Å². The summed E-state index contributed by atoms with van der Waals surface area (Å²) in [5, 5.41) is 17.0. The highest BCUT2D eigenvalue weighted by Gasteiger charge is 2.26. The minimum atomic E-state index is -0.770. The predicted molar refractivity (Wildman–Crippen MR) is 72.3 cm³/mol. The lowest BCUT2D eigenvalue weighted by molar-refractivity contribution is -0.138. The number of likely N-dealkylation sites (tertiary alicyclic amines) is 1. The lowest BCUT2D eigenvalue weighted by Gasteiger charge is -2.33. The number of hydrogen-bond donors (Lipinski definition) is 1. The number of nitrogens with zero attached hydrogens (tertiary/aromatic N) is 3. The Morgan fingerprint density at radius 1 is 1.43 bits per heavy atom. The van der Waals surface area contributed by atoms with Gasteiger partial charge in [0.1, 0.15) is 0 Å². The molecule has 1 aliphatic heterocycles. The molecule has 1 unspecified atom stereocenters. The summed E-state index contributed by atoms with van der Waals surface area (Å²) in [5.74, 6) is 0.601. The Hall–Kier alpha value is -2.15. The maximum atomic E-state index is 10.9. The maximum Gasteiger partial charge on any atom is 0.304 e. The van der Waals surface area contributed by atoms with E-state index in [0.29, 0.717) is 24.1 Å². The monoisotopic (exact) mass is 291 g/mol. The van der Waals surface area contributed by atoms with E-state index in [9.17, 15) is 4.79 Å². The summed E-state index contributed by atoms with van der Waals surface area (Å²) < 4.78 is 10.8. The van der Waals surface area contributed by atoms with Crippen LogP contribution in [0.15, 0.2) is 27.2 Å². The molecule has 7 heteroatoms. The topological polar surface area (TPSA) is 92.6 Å². The van der Waals surface area contributed by atoms with Crippen LogP contribution in [0.1, 0.15) is 31.6 Å². The molecule has 0 spiro atoms. The summed E-state index contributed by atoms with van der Waals surface area (Å²) in [6.07, 6.45) is 4.72. The first kappa shape index (κ1) is 13.8. The Balaban J connectivity index is 1.68. The van der Waals surface area contributed by atoms with E-state index in [1.165, 1.54) is 0 Å².